The average Bonchev–Trinajstić information content (AvgIpc) is 3.31. The van der Waals surface area contributed by atoms with E-state index in [2.05, 4.69) is 15.3 Å². The molecule has 0 unspecified atom stereocenters. The Kier molecular flexibility index (Phi) is 3.34. The minimum Gasteiger partial charge on any atom is -0.351 e. The van der Waals surface area contributed by atoms with Crippen LogP contribution in [0.1, 0.15) is 46.8 Å². The molecule has 5 heteroatoms. The van der Waals surface area contributed by atoms with Crippen LogP contribution >= 0.6 is 11.6 Å². The number of benzene rings is 1. The highest BCUT2D eigenvalue weighted by molar-refractivity contribution is 6.31. The van der Waals surface area contributed by atoms with Crippen LogP contribution in [0.5, 0.6) is 0 Å². The number of carbonyl (C=O) groups excluding carboxylic acids is 1. The minimum absolute atomic E-state index is 0.0948. The van der Waals surface area contributed by atoms with Gasteiger partial charge < -0.3 is 5.32 Å². The van der Waals surface area contributed by atoms with Crippen LogP contribution in [-0.2, 0) is 6.42 Å². The first kappa shape index (κ1) is 13.7. The highest BCUT2D eigenvalue weighted by Gasteiger charge is 2.30. The molecule has 2 aromatic rings. The minimum atomic E-state index is 0.0948. The van der Waals surface area contributed by atoms with Gasteiger partial charge in [-0.25, -0.2) is 9.97 Å². The third-order valence-corrected chi connectivity index (χ3v) is 4.64. The molecule has 0 radical (unpaired) electrons. The Morgan fingerprint density at radius 2 is 2.00 bits per heavy atom. The van der Waals surface area contributed by atoms with Crippen LogP contribution in [0.3, 0.4) is 0 Å². The van der Waals surface area contributed by atoms with Gasteiger partial charge in [-0.15, -0.1) is 0 Å². The monoisotopic (exact) mass is 313 g/mol. The van der Waals surface area contributed by atoms with Gasteiger partial charge in [0, 0.05) is 23.7 Å². The lowest BCUT2D eigenvalue weighted by Gasteiger charge is -2.24. The third-order valence-electron chi connectivity index (χ3n) is 4.30. The molecule has 0 spiro atoms. The van der Waals surface area contributed by atoms with Crippen molar-refractivity contribution in [2.45, 2.75) is 37.6 Å². The van der Waals surface area contributed by atoms with Crippen molar-refractivity contribution < 1.29 is 4.79 Å². The molecule has 4 nitrogen and oxygen atoms in total. The van der Waals surface area contributed by atoms with Crippen molar-refractivity contribution >= 4 is 23.3 Å². The summed E-state index contributed by atoms with van der Waals surface area (Å²) in [5.74, 6) is 0.829. The summed E-state index contributed by atoms with van der Waals surface area (Å²) in [5, 5.41) is 4.00. The zero-order chi connectivity index (χ0) is 15.1. The molecule has 1 fully saturated rings. The van der Waals surface area contributed by atoms with E-state index in [-0.39, 0.29) is 11.7 Å². The van der Waals surface area contributed by atoms with Crippen molar-refractivity contribution in [3.63, 3.8) is 0 Å². The first-order valence-corrected chi connectivity index (χ1v) is 7.98. The van der Waals surface area contributed by atoms with Crippen molar-refractivity contribution in [2.24, 2.45) is 0 Å². The Hall–Kier alpha value is -1.94. The second-order valence-electron chi connectivity index (χ2n) is 6.02. The molecule has 0 aliphatic heterocycles. The summed E-state index contributed by atoms with van der Waals surface area (Å²) in [7, 11) is 0. The van der Waals surface area contributed by atoms with E-state index in [1.807, 2.05) is 24.3 Å². The summed E-state index contributed by atoms with van der Waals surface area (Å²) in [6, 6.07) is 8.23. The van der Waals surface area contributed by atoms with Gasteiger partial charge in [0.2, 0.25) is 5.95 Å². The number of Topliss-reactive ketones (excluding diaryl/α,β-unsaturated/α-hetero) is 1. The molecule has 4 rings (SSSR count). The lowest BCUT2D eigenvalue weighted by molar-refractivity contribution is 0.0963. The van der Waals surface area contributed by atoms with Crippen molar-refractivity contribution in [1.82, 2.24) is 9.97 Å². The number of rotatable bonds is 3. The molecule has 2 aliphatic carbocycles. The maximum Gasteiger partial charge on any atom is 0.223 e. The predicted molar refractivity (Wildman–Crippen MR) is 85.5 cm³/mol. The van der Waals surface area contributed by atoms with E-state index in [9.17, 15) is 4.79 Å². The zero-order valence-electron chi connectivity index (χ0n) is 12.1. The Labute approximate surface area is 133 Å². The smallest absolute Gasteiger partial charge is 0.223 e. The maximum atomic E-state index is 12.4. The molecule has 1 heterocycles. The fourth-order valence-electron chi connectivity index (χ4n) is 2.95. The topological polar surface area (TPSA) is 54.9 Å². The normalized spacial score (nSPS) is 20.6. The molecule has 1 atom stereocenters. The van der Waals surface area contributed by atoms with E-state index in [4.69, 9.17) is 11.6 Å². The number of nitrogens with zero attached hydrogens (tertiary/aromatic N) is 2. The van der Waals surface area contributed by atoms with E-state index in [0.717, 1.165) is 17.7 Å². The van der Waals surface area contributed by atoms with Crippen molar-refractivity contribution in [2.75, 3.05) is 5.32 Å². The van der Waals surface area contributed by atoms with E-state index >= 15 is 0 Å². The number of carbonyl (C=O) groups is 1. The highest BCUT2D eigenvalue weighted by atomic mass is 35.5. The number of aromatic nitrogens is 2. The molecule has 112 valence electrons. The van der Waals surface area contributed by atoms with Gasteiger partial charge in [0.1, 0.15) is 0 Å². The summed E-state index contributed by atoms with van der Waals surface area (Å²) in [6.07, 6.45) is 5.20. The first-order valence-electron chi connectivity index (χ1n) is 7.61. The summed E-state index contributed by atoms with van der Waals surface area (Å²) < 4.78 is 0. The highest BCUT2D eigenvalue weighted by Crippen LogP contribution is 2.35. The van der Waals surface area contributed by atoms with Gasteiger partial charge in [-0.05, 0) is 36.8 Å². The summed E-state index contributed by atoms with van der Waals surface area (Å²) >= 11 is 6.28. The summed E-state index contributed by atoms with van der Waals surface area (Å²) in [6.45, 7) is 0. The molecule has 1 aromatic carbocycles. The summed E-state index contributed by atoms with van der Waals surface area (Å²) in [5.41, 5.74) is 2.52. The van der Waals surface area contributed by atoms with Crippen LogP contribution in [0.15, 0.2) is 30.5 Å². The lowest BCUT2D eigenvalue weighted by atomic mass is 9.82. The van der Waals surface area contributed by atoms with Gasteiger partial charge in [-0.1, -0.05) is 29.8 Å². The van der Waals surface area contributed by atoms with Crippen LogP contribution in [0.2, 0.25) is 5.02 Å². The second-order valence-corrected chi connectivity index (χ2v) is 6.43. The van der Waals surface area contributed by atoms with Crippen molar-refractivity contribution in [3.05, 3.63) is 52.3 Å². The molecule has 1 aromatic heterocycles. The fraction of sp³-hybridized carbons (Fsp3) is 0.353. The number of fused-ring (bicyclic) bond motifs is 1. The number of hydrogen-bond acceptors (Lipinski definition) is 4. The third kappa shape index (κ3) is 2.59. The maximum absolute atomic E-state index is 12.4. The van der Waals surface area contributed by atoms with E-state index < -0.39 is 0 Å². The Bertz CT molecular complexity index is 742. The van der Waals surface area contributed by atoms with Crippen LogP contribution in [-0.4, -0.2) is 21.8 Å². The molecule has 1 saturated carbocycles. The Balaban J connectivity index is 1.65. The molecule has 22 heavy (non-hydrogen) atoms. The Morgan fingerprint density at radius 3 is 2.77 bits per heavy atom. The van der Waals surface area contributed by atoms with Crippen LogP contribution in [0.4, 0.5) is 5.95 Å². The largest absolute Gasteiger partial charge is 0.351 e. The van der Waals surface area contributed by atoms with Gasteiger partial charge in [0.25, 0.3) is 0 Å². The van der Waals surface area contributed by atoms with Gasteiger partial charge >= 0.3 is 0 Å². The van der Waals surface area contributed by atoms with Gasteiger partial charge in [-0.3, -0.25) is 4.79 Å². The van der Waals surface area contributed by atoms with Crippen LogP contribution in [0, 0.1) is 0 Å². The molecule has 0 bridgehead atoms. The van der Waals surface area contributed by atoms with E-state index in [0.29, 0.717) is 29.0 Å². The molecule has 2 aliphatic rings. The zero-order valence-corrected chi connectivity index (χ0v) is 12.8. The lowest BCUT2D eigenvalue weighted by Crippen LogP contribution is -2.21. The van der Waals surface area contributed by atoms with Gasteiger partial charge in [0.05, 0.1) is 11.3 Å². The Morgan fingerprint density at radius 1 is 1.18 bits per heavy atom. The van der Waals surface area contributed by atoms with E-state index in [1.165, 1.54) is 12.8 Å². The second kappa shape index (κ2) is 5.36. The number of halogens is 1. The fourth-order valence-corrected chi connectivity index (χ4v) is 3.24. The van der Waals surface area contributed by atoms with Crippen molar-refractivity contribution in [1.29, 1.82) is 0 Å². The quantitative estimate of drug-likeness (QED) is 0.940. The molecule has 0 saturated heterocycles. The van der Waals surface area contributed by atoms with Crippen LogP contribution < -0.4 is 5.32 Å². The first-order chi connectivity index (χ1) is 10.7. The number of ketones is 1. The molecular weight excluding hydrogens is 298 g/mol. The molecular formula is C17H16ClN3O. The number of hydrogen-bond donors (Lipinski definition) is 1. The number of anilines is 1. The standard InChI is InChI=1S/C17H16ClN3O/c18-14-4-2-1-3-12(14)10-7-15-13(16(22)8-10)9-19-17(21-15)20-11-5-6-11/h1-4,9-11H,5-8H2,(H,19,20,21)/t10-/m0/s1. The molecule has 1 N–H and O–H groups in total. The van der Waals surface area contributed by atoms with Crippen molar-refractivity contribution in [3.8, 4) is 0 Å². The molecule has 0 amide bonds. The average molecular weight is 314 g/mol. The number of nitrogens with one attached hydrogen (secondary N) is 1. The van der Waals surface area contributed by atoms with E-state index in [1.54, 1.807) is 6.20 Å². The SMILES string of the molecule is O=C1C[C@@H](c2ccccc2Cl)Cc2nc(NC3CC3)ncc21. The predicted octanol–water partition coefficient (Wildman–Crippen LogP) is 3.62. The van der Waals surface area contributed by atoms with Crippen LogP contribution in [0.25, 0.3) is 0 Å². The van der Waals surface area contributed by atoms with Gasteiger partial charge in [0.15, 0.2) is 5.78 Å². The van der Waals surface area contributed by atoms with Gasteiger partial charge in [-0.2, -0.15) is 0 Å². The summed E-state index contributed by atoms with van der Waals surface area (Å²) in [4.78, 5) is 21.2.